The van der Waals surface area contributed by atoms with Gasteiger partial charge in [0.1, 0.15) is 5.76 Å². The number of para-hydroxylation sites is 1. The molecule has 1 N–H and O–H groups in total. The van der Waals surface area contributed by atoms with Crippen LogP contribution >= 0.6 is 15.9 Å². The fraction of sp³-hybridized carbons (Fsp3) is 0.118. The highest BCUT2D eigenvalue weighted by Gasteiger charge is 2.14. The van der Waals surface area contributed by atoms with Crippen LogP contribution in [-0.2, 0) is 9.53 Å². The van der Waals surface area contributed by atoms with Crippen LogP contribution in [0.4, 0.5) is 0 Å². The van der Waals surface area contributed by atoms with E-state index in [1.54, 1.807) is 43.3 Å². The van der Waals surface area contributed by atoms with Crippen LogP contribution < -0.4 is 5.56 Å². The first-order chi connectivity index (χ1) is 11.5. The molecule has 0 saturated carbocycles. The number of aromatic nitrogens is 2. The Kier molecular flexibility index (Phi) is 4.61. The summed E-state index contributed by atoms with van der Waals surface area (Å²) in [7, 11) is 0. The Balaban J connectivity index is 1.74. The lowest BCUT2D eigenvalue weighted by atomic mass is 10.2. The summed E-state index contributed by atoms with van der Waals surface area (Å²) in [6, 6.07) is 10.4. The molecule has 0 fully saturated rings. The summed E-state index contributed by atoms with van der Waals surface area (Å²) < 4.78 is 11.1. The first kappa shape index (κ1) is 16.2. The van der Waals surface area contributed by atoms with E-state index >= 15 is 0 Å². The average Bonchev–Trinajstić information content (AvgIpc) is 2.98. The monoisotopic (exact) mass is 388 g/mol. The third kappa shape index (κ3) is 3.62. The Morgan fingerprint density at radius 1 is 1.33 bits per heavy atom. The zero-order chi connectivity index (χ0) is 17.1. The molecule has 6 nitrogen and oxygen atoms in total. The van der Waals surface area contributed by atoms with Gasteiger partial charge in [0.2, 0.25) is 0 Å². The Hall–Kier alpha value is -2.67. The molecule has 0 aliphatic rings. The van der Waals surface area contributed by atoms with Gasteiger partial charge in [-0.3, -0.25) is 4.79 Å². The molecule has 0 spiro atoms. The van der Waals surface area contributed by atoms with Crippen LogP contribution in [0.5, 0.6) is 0 Å². The van der Waals surface area contributed by atoms with Crippen molar-refractivity contribution in [1.29, 1.82) is 0 Å². The molecule has 3 rings (SSSR count). The number of nitrogens with zero attached hydrogens (tertiary/aromatic N) is 1. The van der Waals surface area contributed by atoms with Gasteiger partial charge in [-0.2, -0.15) is 0 Å². The highest BCUT2D eigenvalue weighted by molar-refractivity contribution is 9.10. The summed E-state index contributed by atoms with van der Waals surface area (Å²) >= 11 is 3.18. The van der Waals surface area contributed by atoms with E-state index in [0.717, 1.165) is 0 Å². The average molecular weight is 389 g/mol. The summed E-state index contributed by atoms with van der Waals surface area (Å²) in [5.74, 6) is 0.246. The second kappa shape index (κ2) is 6.84. The van der Waals surface area contributed by atoms with Crippen LogP contribution in [0.2, 0.25) is 0 Å². The molecule has 0 amide bonds. The normalized spacial score (nSPS) is 12.6. The number of hydrogen-bond acceptors (Lipinski definition) is 5. The molecule has 0 aliphatic heterocycles. The number of ether oxygens (including phenoxy) is 1. The smallest absolute Gasteiger partial charge is 0.331 e. The number of furan rings is 1. The lowest BCUT2D eigenvalue weighted by Gasteiger charge is -2.11. The van der Waals surface area contributed by atoms with Crippen molar-refractivity contribution >= 4 is 38.9 Å². The van der Waals surface area contributed by atoms with E-state index < -0.39 is 12.1 Å². The zero-order valence-electron chi connectivity index (χ0n) is 12.7. The lowest BCUT2D eigenvalue weighted by Crippen LogP contribution is -2.16. The molecule has 1 aromatic carbocycles. The molecule has 122 valence electrons. The predicted molar refractivity (Wildman–Crippen MR) is 92.3 cm³/mol. The molecule has 0 saturated heterocycles. The summed E-state index contributed by atoms with van der Waals surface area (Å²) in [4.78, 5) is 30.9. The SMILES string of the molecule is C[C@H](OC(=O)/C=C/c1ccc(Br)o1)c1nc2ccccc2c(=O)[nH]1. The maximum Gasteiger partial charge on any atom is 0.331 e. The quantitative estimate of drug-likeness (QED) is 0.545. The van der Waals surface area contributed by atoms with Gasteiger partial charge >= 0.3 is 5.97 Å². The Bertz CT molecular complexity index is 974. The summed E-state index contributed by atoms with van der Waals surface area (Å²) in [5.41, 5.74) is 0.282. The number of carbonyl (C=O) groups excluding carboxylic acids is 1. The molecule has 2 aromatic heterocycles. The number of hydrogen-bond donors (Lipinski definition) is 1. The van der Waals surface area contributed by atoms with Gasteiger partial charge < -0.3 is 14.1 Å². The topological polar surface area (TPSA) is 85.2 Å². The molecule has 1 atom stereocenters. The van der Waals surface area contributed by atoms with Crippen LogP contribution in [0.25, 0.3) is 17.0 Å². The van der Waals surface area contributed by atoms with E-state index in [4.69, 9.17) is 9.15 Å². The van der Waals surface area contributed by atoms with Crippen molar-refractivity contribution in [3.8, 4) is 0 Å². The van der Waals surface area contributed by atoms with Crippen molar-refractivity contribution in [2.24, 2.45) is 0 Å². The van der Waals surface area contributed by atoms with Gasteiger partial charge in [-0.1, -0.05) is 12.1 Å². The number of rotatable bonds is 4. The Morgan fingerprint density at radius 3 is 2.88 bits per heavy atom. The van der Waals surface area contributed by atoms with Gasteiger partial charge in [-0.15, -0.1) is 0 Å². The zero-order valence-corrected chi connectivity index (χ0v) is 14.2. The number of nitrogens with one attached hydrogen (secondary N) is 1. The van der Waals surface area contributed by atoms with E-state index in [0.29, 0.717) is 27.2 Å². The standard InChI is InChI=1S/C17H13BrN2O4/c1-10(23-15(21)9-7-11-6-8-14(18)24-11)16-19-13-5-3-2-4-12(13)17(22)20-16/h2-10H,1H3,(H,19,20,22)/b9-7+/t10-/m0/s1. The number of esters is 1. The third-order valence-corrected chi connectivity index (χ3v) is 3.71. The summed E-state index contributed by atoms with van der Waals surface area (Å²) in [5, 5.41) is 0.489. The van der Waals surface area contributed by atoms with Crippen LogP contribution in [-0.4, -0.2) is 15.9 Å². The van der Waals surface area contributed by atoms with Crippen LogP contribution in [0.3, 0.4) is 0 Å². The van der Waals surface area contributed by atoms with Crippen LogP contribution in [0.1, 0.15) is 24.6 Å². The van der Waals surface area contributed by atoms with Crippen molar-refractivity contribution in [3.05, 3.63) is 69.1 Å². The fourth-order valence-corrected chi connectivity index (χ4v) is 2.45. The molecule has 7 heteroatoms. The number of halogens is 1. The van der Waals surface area contributed by atoms with Gasteiger partial charge in [0.15, 0.2) is 16.6 Å². The maximum absolute atomic E-state index is 12.0. The van der Waals surface area contributed by atoms with Crippen molar-refractivity contribution in [3.63, 3.8) is 0 Å². The number of benzene rings is 1. The minimum atomic E-state index is -0.692. The summed E-state index contributed by atoms with van der Waals surface area (Å²) in [6.07, 6.45) is 2.06. The Labute approximate surface area is 145 Å². The lowest BCUT2D eigenvalue weighted by molar-refractivity contribution is -0.142. The van der Waals surface area contributed by atoms with Crippen molar-refractivity contribution in [2.75, 3.05) is 0 Å². The van der Waals surface area contributed by atoms with Gasteiger partial charge in [0.05, 0.1) is 10.9 Å². The molecule has 0 radical (unpaired) electrons. The molecule has 0 aliphatic carbocycles. The van der Waals surface area contributed by atoms with Crippen molar-refractivity contribution in [2.45, 2.75) is 13.0 Å². The van der Waals surface area contributed by atoms with Crippen molar-refractivity contribution in [1.82, 2.24) is 9.97 Å². The minimum Gasteiger partial charge on any atom is -0.451 e. The molecule has 24 heavy (non-hydrogen) atoms. The second-order valence-corrected chi connectivity index (χ2v) is 5.80. The molecule has 2 heterocycles. The molecule has 3 aromatic rings. The van der Waals surface area contributed by atoms with E-state index in [-0.39, 0.29) is 5.56 Å². The predicted octanol–water partition coefficient (Wildman–Crippen LogP) is 3.60. The summed E-state index contributed by atoms with van der Waals surface area (Å²) in [6.45, 7) is 1.64. The van der Waals surface area contributed by atoms with Crippen LogP contribution in [0, 0.1) is 0 Å². The van der Waals surface area contributed by atoms with Gasteiger partial charge in [-0.05, 0) is 53.2 Å². The van der Waals surface area contributed by atoms with E-state index in [1.807, 2.05) is 0 Å². The maximum atomic E-state index is 12.0. The molecular formula is C17H13BrN2O4. The number of fused-ring (bicyclic) bond motifs is 1. The largest absolute Gasteiger partial charge is 0.451 e. The number of H-pyrrole nitrogens is 1. The van der Waals surface area contributed by atoms with E-state index in [1.165, 1.54) is 12.2 Å². The van der Waals surface area contributed by atoms with Gasteiger partial charge in [0.25, 0.3) is 5.56 Å². The molecule has 0 bridgehead atoms. The minimum absolute atomic E-state index is 0.269. The number of carbonyl (C=O) groups is 1. The van der Waals surface area contributed by atoms with Crippen molar-refractivity contribution < 1.29 is 13.9 Å². The first-order valence-electron chi connectivity index (χ1n) is 7.16. The van der Waals surface area contributed by atoms with E-state index in [2.05, 4.69) is 25.9 Å². The molecular weight excluding hydrogens is 376 g/mol. The molecule has 0 unspecified atom stereocenters. The highest BCUT2D eigenvalue weighted by atomic mass is 79.9. The van der Waals surface area contributed by atoms with Gasteiger partial charge in [0, 0.05) is 6.08 Å². The van der Waals surface area contributed by atoms with E-state index in [9.17, 15) is 9.59 Å². The Morgan fingerprint density at radius 2 is 2.12 bits per heavy atom. The third-order valence-electron chi connectivity index (χ3n) is 3.29. The first-order valence-corrected chi connectivity index (χ1v) is 7.95. The second-order valence-electron chi connectivity index (χ2n) is 5.02. The van der Waals surface area contributed by atoms with Gasteiger partial charge in [-0.25, -0.2) is 9.78 Å². The highest BCUT2D eigenvalue weighted by Crippen LogP contribution is 2.17. The number of aromatic amines is 1. The van der Waals surface area contributed by atoms with Crippen LogP contribution in [0.15, 0.2) is 56.4 Å². The fourth-order valence-electron chi connectivity index (χ4n) is 2.13.